The zero-order chi connectivity index (χ0) is 17.8. The Morgan fingerprint density at radius 1 is 1.12 bits per heavy atom. The number of rotatable bonds is 5. The normalized spacial score (nSPS) is 16.4. The summed E-state index contributed by atoms with van der Waals surface area (Å²) < 4.78 is 6.36. The monoisotopic (exact) mass is 340 g/mol. The highest BCUT2D eigenvalue weighted by Gasteiger charge is 2.34. The third-order valence-electron chi connectivity index (χ3n) is 4.54. The summed E-state index contributed by atoms with van der Waals surface area (Å²) in [5, 5.41) is 0. The molecule has 2 heterocycles. The molecule has 25 heavy (non-hydrogen) atoms. The summed E-state index contributed by atoms with van der Waals surface area (Å²) >= 11 is 0. The number of hydrogen-bond acceptors (Lipinski definition) is 4. The highest BCUT2D eigenvalue weighted by Crippen LogP contribution is 2.30. The number of benzene rings is 1. The summed E-state index contributed by atoms with van der Waals surface area (Å²) in [7, 11) is 0. The van der Waals surface area contributed by atoms with Crippen molar-refractivity contribution in [3.05, 3.63) is 60.4 Å². The van der Waals surface area contributed by atoms with Crippen LogP contribution in [0, 0.1) is 5.92 Å². The minimum absolute atomic E-state index is 0.0767. The van der Waals surface area contributed by atoms with Crippen LogP contribution in [0.2, 0.25) is 0 Å². The first kappa shape index (κ1) is 17.0. The van der Waals surface area contributed by atoms with Gasteiger partial charge < -0.3 is 4.74 Å². The molecule has 0 spiro atoms. The van der Waals surface area contributed by atoms with Gasteiger partial charge >= 0.3 is 6.09 Å². The van der Waals surface area contributed by atoms with Crippen molar-refractivity contribution in [1.82, 2.24) is 9.47 Å². The molecular weight excluding hydrogens is 320 g/mol. The Morgan fingerprint density at radius 3 is 2.40 bits per heavy atom. The number of amides is 2. The average Bonchev–Trinajstić information content (AvgIpc) is 3.30. The molecule has 0 aliphatic carbocycles. The van der Waals surface area contributed by atoms with Crippen LogP contribution in [0.3, 0.4) is 0 Å². The summed E-state index contributed by atoms with van der Waals surface area (Å²) in [5.41, 5.74) is 0.899. The minimum Gasteiger partial charge on any atom is -0.447 e. The summed E-state index contributed by atoms with van der Waals surface area (Å²) in [6.45, 7) is 2.30. The second kappa shape index (κ2) is 7.34. The van der Waals surface area contributed by atoms with Crippen LogP contribution in [0.15, 0.2) is 54.9 Å². The number of hydrogen-bond donors (Lipinski definition) is 0. The number of ether oxygens (including phenoxy) is 1. The number of carbonyl (C=O) groups excluding carboxylic acids is 3. The van der Waals surface area contributed by atoms with Gasteiger partial charge in [0.2, 0.25) is 11.8 Å². The van der Waals surface area contributed by atoms with Crippen LogP contribution in [-0.4, -0.2) is 40.5 Å². The van der Waals surface area contributed by atoms with Crippen molar-refractivity contribution in [1.29, 1.82) is 0 Å². The van der Waals surface area contributed by atoms with Gasteiger partial charge in [-0.05, 0) is 17.7 Å². The molecule has 1 aromatic heterocycles. The van der Waals surface area contributed by atoms with Crippen LogP contribution in [-0.2, 0) is 9.53 Å². The van der Waals surface area contributed by atoms with Gasteiger partial charge in [-0.1, -0.05) is 37.3 Å². The van der Waals surface area contributed by atoms with Crippen molar-refractivity contribution < 1.29 is 19.1 Å². The third kappa shape index (κ3) is 3.63. The molecular formula is C19H20N2O4. The average molecular weight is 340 g/mol. The number of imide groups is 1. The first-order valence-corrected chi connectivity index (χ1v) is 8.27. The van der Waals surface area contributed by atoms with E-state index in [4.69, 9.17) is 4.74 Å². The van der Waals surface area contributed by atoms with Crippen molar-refractivity contribution >= 4 is 17.9 Å². The predicted molar refractivity (Wildman–Crippen MR) is 91.1 cm³/mol. The van der Waals surface area contributed by atoms with E-state index in [2.05, 4.69) is 0 Å². The standard InChI is InChI=1S/C19H20N2O4/c1-14(18(23)20-9-5-6-10-20)16(15-7-3-2-4-8-15)13-17(22)21-11-12-25-19(21)24/h2-10,14,16H,11-13H2,1H3/t14-,16-/m0/s1. The lowest BCUT2D eigenvalue weighted by Gasteiger charge is -2.24. The largest absolute Gasteiger partial charge is 0.447 e. The molecule has 1 aliphatic heterocycles. The first-order valence-electron chi connectivity index (χ1n) is 8.27. The van der Waals surface area contributed by atoms with Crippen LogP contribution in [0.25, 0.3) is 0 Å². The Morgan fingerprint density at radius 2 is 1.80 bits per heavy atom. The van der Waals surface area contributed by atoms with E-state index in [-0.39, 0.29) is 37.3 Å². The number of aromatic nitrogens is 1. The second-order valence-electron chi connectivity index (χ2n) is 6.10. The molecule has 6 heteroatoms. The van der Waals surface area contributed by atoms with Crippen LogP contribution >= 0.6 is 0 Å². The van der Waals surface area contributed by atoms with Gasteiger partial charge in [-0.15, -0.1) is 0 Å². The summed E-state index contributed by atoms with van der Waals surface area (Å²) in [5.74, 6) is -1.14. The molecule has 6 nitrogen and oxygen atoms in total. The molecule has 1 fully saturated rings. The van der Waals surface area contributed by atoms with E-state index in [1.807, 2.05) is 37.3 Å². The summed E-state index contributed by atoms with van der Waals surface area (Å²) in [6, 6.07) is 13.0. The lowest BCUT2D eigenvalue weighted by atomic mass is 9.83. The van der Waals surface area contributed by atoms with E-state index >= 15 is 0 Å². The summed E-state index contributed by atoms with van der Waals surface area (Å²) in [6.07, 6.45) is 2.86. The van der Waals surface area contributed by atoms with Crippen molar-refractivity contribution in [2.45, 2.75) is 19.3 Å². The van der Waals surface area contributed by atoms with Crippen molar-refractivity contribution in [2.75, 3.05) is 13.2 Å². The molecule has 1 aromatic carbocycles. The van der Waals surface area contributed by atoms with Gasteiger partial charge in [0.05, 0.1) is 6.54 Å². The highest BCUT2D eigenvalue weighted by molar-refractivity contribution is 5.94. The van der Waals surface area contributed by atoms with Gasteiger partial charge in [0.1, 0.15) is 6.61 Å². The lowest BCUT2D eigenvalue weighted by molar-refractivity contribution is -0.128. The van der Waals surface area contributed by atoms with Crippen LogP contribution < -0.4 is 0 Å². The molecule has 2 atom stereocenters. The molecule has 2 aromatic rings. The molecule has 0 unspecified atom stereocenters. The Bertz CT molecular complexity index is 755. The Balaban J connectivity index is 1.84. The highest BCUT2D eigenvalue weighted by atomic mass is 16.6. The molecule has 0 N–H and O–H groups in total. The lowest BCUT2D eigenvalue weighted by Crippen LogP contribution is -2.35. The molecule has 130 valence electrons. The van der Waals surface area contributed by atoms with Gasteiger partial charge in [-0.3, -0.25) is 14.2 Å². The topological polar surface area (TPSA) is 68.6 Å². The molecule has 3 rings (SSSR count). The SMILES string of the molecule is C[C@H](C(=O)n1cccc1)[C@H](CC(=O)N1CCOC1=O)c1ccccc1. The predicted octanol–water partition coefficient (Wildman–Crippen LogP) is 2.92. The van der Waals surface area contributed by atoms with E-state index in [0.29, 0.717) is 0 Å². The molecule has 1 saturated heterocycles. The van der Waals surface area contributed by atoms with Crippen molar-refractivity contribution in [3.63, 3.8) is 0 Å². The minimum atomic E-state index is -0.610. The molecule has 1 aliphatic rings. The van der Waals surface area contributed by atoms with Crippen LogP contribution in [0.1, 0.15) is 29.6 Å². The molecule has 0 radical (unpaired) electrons. The third-order valence-corrected chi connectivity index (χ3v) is 4.54. The fraction of sp³-hybridized carbons (Fsp3) is 0.316. The van der Waals surface area contributed by atoms with Gasteiger partial charge in [-0.2, -0.15) is 0 Å². The van der Waals surface area contributed by atoms with Crippen LogP contribution in [0.5, 0.6) is 0 Å². The smallest absolute Gasteiger partial charge is 0.416 e. The maximum atomic E-state index is 12.7. The van der Waals surface area contributed by atoms with E-state index in [0.717, 1.165) is 10.5 Å². The second-order valence-corrected chi connectivity index (χ2v) is 6.10. The number of carbonyl (C=O) groups is 3. The fourth-order valence-electron chi connectivity index (χ4n) is 3.09. The van der Waals surface area contributed by atoms with E-state index in [1.54, 1.807) is 24.5 Å². The number of nitrogens with zero attached hydrogens (tertiary/aromatic N) is 2. The zero-order valence-electron chi connectivity index (χ0n) is 14.0. The summed E-state index contributed by atoms with van der Waals surface area (Å²) in [4.78, 5) is 38.0. The first-order chi connectivity index (χ1) is 12.1. The van der Waals surface area contributed by atoms with Crippen LogP contribution in [0.4, 0.5) is 4.79 Å². The molecule has 0 bridgehead atoms. The molecule has 0 saturated carbocycles. The number of cyclic esters (lactones) is 1. The molecule has 2 amide bonds. The van der Waals surface area contributed by atoms with Gasteiger partial charge in [0.25, 0.3) is 0 Å². The van der Waals surface area contributed by atoms with Gasteiger partial charge in [0.15, 0.2) is 0 Å². The van der Waals surface area contributed by atoms with E-state index < -0.39 is 12.0 Å². The quantitative estimate of drug-likeness (QED) is 0.839. The fourth-order valence-corrected chi connectivity index (χ4v) is 3.09. The van der Waals surface area contributed by atoms with Gasteiger partial charge in [0, 0.05) is 30.7 Å². The maximum absolute atomic E-state index is 12.7. The Kier molecular flexibility index (Phi) is 4.97. The van der Waals surface area contributed by atoms with Crippen molar-refractivity contribution in [2.24, 2.45) is 5.92 Å². The van der Waals surface area contributed by atoms with Gasteiger partial charge in [-0.25, -0.2) is 9.69 Å². The van der Waals surface area contributed by atoms with E-state index in [1.165, 1.54) is 4.57 Å². The maximum Gasteiger partial charge on any atom is 0.416 e. The van der Waals surface area contributed by atoms with E-state index in [9.17, 15) is 14.4 Å². The zero-order valence-corrected chi connectivity index (χ0v) is 14.0. The Labute approximate surface area is 146 Å². The van der Waals surface area contributed by atoms with Crippen molar-refractivity contribution in [3.8, 4) is 0 Å². The Hall–Kier alpha value is -2.89.